The van der Waals surface area contributed by atoms with Gasteiger partial charge >= 0.3 is 0 Å². The summed E-state index contributed by atoms with van der Waals surface area (Å²) in [6.07, 6.45) is 0. The molecule has 346 valence electrons. The van der Waals surface area contributed by atoms with Crippen molar-refractivity contribution in [3.63, 3.8) is 0 Å². The third-order valence-electron chi connectivity index (χ3n) is 13.3. The second-order valence-electron chi connectivity index (χ2n) is 17.8. The molecule has 0 fully saturated rings. The Hall–Kier alpha value is -9.51. The lowest BCUT2D eigenvalue weighted by molar-refractivity contribution is 1.07. The van der Waals surface area contributed by atoms with Gasteiger partial charge in [-0.1, -0.05) is 169 Å². The van der Waals surface area contributed by atoms with E-state index < -0.39 is 0 Å². The second-order valence-corrected chi connectivity index (χ2v) is 20.0. The van der Waals surface area contributed by atoms with Crippen molar-refractivity contribution in [1.29, 1.82) is 5.26 Å². The van der Waals surface area contributed by atoms with Crippen LogP contribution in [-0.4, -0.2) is 15.0 Å². The van der Waals surface area contributed by atoms with Crippen molar-refractivity contribution in [3.05, 3.63) is 254 Å². The molecule has 11 aromatic rings. The number of fused-ring (bicyclic) bond motifs is 4. The van der Waals surface area contributed by atoms with E-state index in [-0.39, 0.29) is 0 Å². The minimum absolute atomic E-state index is 0.494. The number of nitrogens with zero attached hydrogens (tertiary/aromatic N) is 7. The fraction of sp³-hybridized carbons (Fsp3) is 0. The molecular formula is C65H39N7S2. The summed E-state index contributed by atoms with van der Waals surface area (Å²) in [5, 5.41) is 9.72. The summed E-state index contributed by atoms with van der Waals surface area (Å²) in [6, 6.07) is 83.5. The van der Waals surface area contributed by atoms with Gasteiger partial charge in [-0.15, -0.1) is 0 Å². The molecule has 0 radical (unpaired) electrons. The zero-order valence-corrected chi connectivity index (χ0v) is 41.1. The van der Waals surface area contributed by atoms with Gasteiger partial charge in [-0.05, 0) is 124 Å². The average molecular weight is 982 g/mol. The second kappa shape index (κ2) is 18.9. The minimum atomic E-state index is 0.494. The molecule has 7 nitrogen and oxygen atoms in total. The van der Waals surface area contributed by atoms with Crippen molar-refractivity contribution in [2.24, 2.45) is 0 Å². The molecule has 0 spiro atoms. The number of anilines is 6. The highest BCUT2D eigenvalue weighted by molar-refractivity contribution is 8.00. The van der Waals surface area contributed by atoms with Crippen LogP contribution in [0.15, 0.2) is 256 Å². The molecule has 0 saturated heterocycles. The van der Waals surface area contributed by atoms with Crippen molar-refractivity contribution < 1.29 is 0 Å². The van der Waals surface area contributed by atoms with Gasteiger partial charge < -0.3 is 9.80 Å². The summed E-state index contributed by atoms with van der Waals surface area (Å²) >= 11 is 3.53. The summed E-state index contributed by atoms with van der Waals surface area (Å²) < 4.78 is 0. The number of nitriles is 1. The fourth-order valence-corrected chi connectivity index (χ4v) is 11.9. The quantitative estimate of drug-likeness (QED) is 0.139. The van der Waals surface area contributed by atoms with Crippen LogP contribution >= 0.6 is 23.5 Å². The molecule has 0 unspecified atom stereocenters. The molecule has 2 aliphatic rings. The van der Waals surface area contributed by atoms with Crippen LogP contribution in [0.4, 0.5) is 39.8 Å². The molecule has 0 bridgehead atoms. The van der Waals surface area contributed by atoms with Crippen LogP contribution in [0.2, 0.25) is 0 Å². The number of aromatic nitrogens is 3. The molecule has 0 atom stereocenters. The zero-order valence-electron chi connectivity index (χ0n) is 39.5. The first kappa shape index (κ1) is 44.4. The Labute approximate surface area is 437 Å². The molecule has 74 heavy (non-hydrogen) atoms. The predicted octanol–water partition coefficient (Wildman–Crippen LogP) is 18.2. The van der Waals surface area contributed by atoms with Crippen molar-refractivity contribution in [2.45, 2.75) is 19.6 Å². The first-order valence-corrected chi connectivity index (χ1v) is 25.7. The Balaban J connectivity index is 1.08. The minimum Gasteiger partial charge on any atom is -0.307 e. The molecule has 0 N–H and O–H groups in total. The zero-order chi connectivity index (χ0) is 49.5. The summed E-state index contributed by atoms with van der Waals surface area (Å²) in [6.45, 7) is 7.85. The molecule has 10 aromatic carbocycles. The number of hydrogen-bond acceptors (Lipinski definition) is 8. The van der Waals surface area contributed by atoms with E-state index in [0.717, 1.165) is 104 Å². The SMILES string of the molecule is [C-]#[N+]c1cccc(-c2ccc(-c3nc(-c4ccc(-c5cccc(C#N)c5)cc4)nc(-c4ccc(-c5ccccc5)cc4N4c5ccccc5Sc5ccccc54)n3)c(N3c4ccccc4Sc4ccccc43)c2)c1. The van der Waals surface area contributed by atoms with Crippen LogP contribution in [-0.2, 0) is 0 Å². The van der Waals surface area contributed by atoms with E-state index in [1.165, 1.54) is 0 Å². The van der Waals surface area contributed by atoms with E-state index >= 15 is 0 Å². The topological polar surface area (TPSA) is 73.3 Å². The van der Waals surface area contributed by atoms with Crippen LogP contribution in [0.1, 0.15) is 5.56 Å². The summed E-state index contributed by atoms with van der Waals surface area (Å²) in [5.74, 6) is 1.51. The third kappa shape index (κ3) is 8.13. The summed E-state index contributed by atoms with van der Waals surface area (Å²) in [5.41, 5.74) is 15.6. The maximum Gasteiger partial charge on any atom is 0.187 e. The van der Waals surface area contributed by atoms with Crippen molar-refractivity contribution in [3.8, 4) is 73.6 Å². The molecule has 1 aromatic heterocycles. The molecule has 9 heteroatoms. The maximum atomic E-state index is 9.72. The lowest BCUT2D eigenvalue weighted by Gasteiger charge is -2.34. The van der Waals surface area contributed by atoms with Crippen molar-refractivity contribution >= 4 is 63.3 Å². The summed E-state index contributed by atoms with van der Waals surface area (Å²) in [4.78, 5) is 29.5. The maximum absolute atomic E-state index is 9.72. The summed E-state index contributed by atoms with van der Waals surface area (Å²) in [7, 11) is 0. The van der Waals surface area contributed by atoms with E-state index in [4.69, 9.17) is 21.5 Å². The van der Waals surface area contributed by atoms with E-state index in [9.17, 15) is 5.26 Å². The Morgan fingerprint density at radius 3 is 1.26 bits per heavy atom. The van der Waals surface area contributed by atoms with Crippen LogP contribution in [0, 0.1) is 17.9 Å². The Morgan fingerprint density at radius 2 is 0.743 bits per heavy atom. The van der Waals surface area contributed by atoms with Gasteiger partial charge in [-0.3, -0.25) is 0 Å². The van der Waals surface area contributed by atoms with Gasteiger partial charge in [0.15, 0.2) is 23.2 Å². The molecule has 3 heterocycles. The highest BCUT2D eigenvalue weighted by atomic mass is 32.2. The van der Waals surface area contributed by atoms with Crippen LogP contribution in [0.25, 0.3) is 72.4 Å². The van der Waals surface area contributed by atoms with E-state index in [2.05, 4.69) is 197 Å². The lowest BCUT2D eigenvalue weighted by atomic mass is 9.99. The van der Waals surface area contributed by atoms with Crippen molar-refractivity contribution in [1.82, 2.24) is 15.0 Å². The highest BCUT2D eigenvalue weighted by Crippen LogP contribution is 2.55. The molecule has 13 rings (SSSR count). The first-order valence-electron chi connectivity index (χ1n) is 24.1. The van der Waals surface area contributed by atoms with Gasteiger partial charge in [-0.2, -0.15) is 5.26 Å². The van der Waals surface area contributed by atoms with Gasteiger partial charge in [-0.25, -0.2) is 19.8 Å². The van der Waals surface area contributed by atoms with Crippen molar-refractivity contribution in [2.75, 3.05) is 9.80 Å². The van der Waals surface area contributed by atoms with E-state index in [1.54, 1.807) is 23.5 Å². The predicted molar refractivity (Wildman–Crippen MR) is 301 cm³/mol. The van der Waals surface area contributed by atoms with E-state index in [0.29, 0.717) is 28.7 Å². The molecular weight excluding hydrogens is 943 g/mol. The molecule has 0 amide bonds. The highest BCUT2D eigenvalue weighted by Gasteiger charge is 2.31. The van der Waals surface area contributed by atoms with Gasteiger partial charge in [0, 0.05) is 36.3 Å². The monoisotopic (exact) mass is 981 g/mol. The van der Waals surface area contributed by atoms with E-state index in [1.807, 2.05) is 60.7 Å². The molecule has 0 saturated carbocycles. The number of para-hydroxylation sites is 4. The average Bonchev–Trinajstić information content (AvgIpc) is 3.50. The van der Waals surface area contributed by atoms with Crippen LogP contribution < -0.4 is 9.80 Å². The van der Waals surface area contributed by atoms with Gasteiger partial charge in [0.25, 0.3) is 0 Å². The Bertz CT molecular complexity index is 4000. The first-order chi connectivity index (χ1) is 36.6. The normalized spacial score (nSPS) is 12.1. The number of benzene rings is 10. The lowest BCUT2D eigenvalue weighted by Crippen LogP contribution is -2.17. The van der Waals surface area contributed by atoms with Gasteiger partial charge in [0.2, 0.25) is 0 Å². The van der Waals surface area contributed by atoms with Gasteiger partial charge in [0.1, 0.15) is 0 Å². The largest absolute Gasteiger partial charge is 0.307 e. The smallest absolute Gasteiger partial charge is 0.187 e. The van der Waals surface area contributed by atoms with Crippen LogP contribution in [0.5, 0.6) is 0 Å². The third-order valence-corrected chi connectivity index (χ3v) is 15.6. The number of hydrogen-bond donors (Lipinski definition) is 0. The molecule has 2 aliphatic heterocycles. The van der Waals surface area contributed by atoms with Crippen LogP contribution in [0.3, 0.4) is 0 Å². The Morgan fingerprint density at radius 1 is 0.351 bits per heavy atom. The number of rotatable bonds is 8. The fourth-order valence-electron chi connectivity index (χ4n) is 9.81. The molecule has 0 aliphatic carbocycles. The van der Waals surface area contributed by atoms with Gasteiger partial charge in [0.05, 0.1) is 52.3 Å². The standard InChI is InChI=1S/C65H39N7S2/c1-67-50-20-14-19-47(38-50)49-34-36-52(58(40-49)72-55-23-7-11-27-61(55)74-62-28-12-8-24-56(62)72)65-69-63(45-31-29-44(30-32-45)46-18-13-15-42(37-46)41-66)68-64(70-65)51-35-33-48(43-16-3-2-4-17-43)39-57(51)71-53-21-5-9-25-59(53)73-60-26-10-6-22-54(60)71/h2-40H. The Kier molecular flexibility index (Phi) is 11.4.